The number of phenols is 1. The van der Waals surface area contributed by atoms with Crippen molar-refractivity contribution in [1.29, 1.82) is 0 Å². The molecule has 1 heterocycles. The van der Waals surface area contributed by atoms with E-state index < -0.39 is 0 Å². The molecule has 1 aromatic heterocycles. The van der Waals surface area contributed by atoms with Crippen LogP contribution in [0.15, 0.2) is 47.0 Å². The van der Waals surface area contributed by atoms with Crippen LogP contribution in [0.2, 0.25) is 5.02 Å². The van der Waals surface area contributed by atoms with E-state index in [4.69, 9.17) is 16.1 Å². The molecule has 0 aliphatic heterocycles. The molecule has 6 heteroatoms. The van der Waals surface area contributed by atoms with Crippen LogP contribution in [0, 0.1) is 3.57 Å². The first-order valence-electron chi connectivity index (χ1n) is 6.18. The molecule has 0 spiro atoms. The maximum atomic E-state index is 9.73. The van der Waals surface area contributed by atoms with Gasteiger partial charge in [-0.3, -0.25) is 0 Å². The van der Waals surface area contributed by atoms with Gasteiger partial charge in [0, 0.05) is 17.0 Å². The second kappa shape index (κ2) is 6.03. The Labute approximate surface area is 139 Å². The third-order valence-corrected chi connectivity index (χ3v) is 4.25. The van der Waals surface area contributed by atoms with Gasteiger partial charge in [0.15, 0.2) is 5.82 Å². The number of phenolic OH excluding ortho intramolecular Hbond substituents is 1. The molecule has 0 bridgehead atoms. The number of halogens is 2. The molecule has 0 aliphatic rings. The number of aromatic nitrogens is 2. The van der Waals surface area contributed by atoms with Gasteiger partial charge in [-0.05, 0) is 52.4 Å². The zero-order valence-electron chi connectivity index (χ0n) is 10.8. The van der Waals surface area contributed by atoms with Gasteiger partial charge in [-0.15, -0.1) is 0 Å². The summed E-state index contributed by atoms with van der Waals surface area (Å²) in [5.74, 6) is 1.12. The monoisotopic (exact) mass is 412 g/mol. The van der Waals surface area contributed by atoms with Gasteiger partial charge in [0.25, 0.3) is 5.89 Å². The van der Waals surface area contributed by atoms with Crippen LogP contribution in [0.25, 0.3) is 11.5 Å². The van der Waals surface area contributed by atoms with Crippen molar-refractivity contribution in [3.05, 3.63) is 62.4 Å². The Morgan fingerprint density at radius 1 is 1.19 bits per heavy atom. The number of aromatic hydroxyl groups is 1. The normalized spacial score (nSPS) is 10.8. The van der Waals surface area contributed by atoms with Crippen molar-refractivity contribution in [1.82, 2.24) is 10.1 Å². The summed E-state index contributed by atoms with van der Waals surface area (Å²) in [7, 11) is 0. The predicted molar refractivity (Wildman–Crippen MR) is 88.4 cm³/mol. The first kappa shape index (κ1) is 14.3. The first-order chi connectivity index (χ1) is 10.1. The summed E-state index contributed by atoms with van der Waals surface area (Å²) >= 11 is 8.17. The highest BCUT2D eigenvalue weighted by Crippen LogP contribution is 2.27. The molecule has 0 amide bonds. The van der Waals surface area contributed by atoms with Crippen molar-refractivity contribution >= 4 is 34.2 Å². The molecule has 0 radical (unpaired) electrons. The van der Waals surface area contributed by atoms with Gasteiger partial charge in [-0.1, -0.05) is 35.0 Å². The highest BCUT2D eigenvalue weighted by Gasteiger charge is 2.12. The molecule has 1 N–H and O–H groups in total. The Balaban J connectivity index is 1.86. The lowest BCUT2D eigenvalue weighted by molar-refractivity contribution is 0.423. The Bertz CT molecular complexity index is 789. The molecule has 0 fully saturated rings. The van der Waals surface area contributed by atoms with Crippen LogP contribution in [-0.4, -0.2) is 15.2 Å². The molecule has 0 saturated carbocycles. The van der Waals surface area contributed by atoms with Crippen molar-refractivity contribution in [3.63, 3.8) is 0 Å². The average molecular weight is 413 g/mol. The summed E-state index contributed by atoms with van der Waals surface area (Å²) in [5, 5.41) is 14.4. The van der Waals surface area contributed by atoms with E-state index in [9.17, 15) is 5.11 Å². The lowest BCUT2D eigenvalue weighted by atomic mass is 10.1. The summed E-state index contributed by atoms with van der Waals surface area (Å²) in [6.07, 6.45) is 0.500. The van der Waals surface area contributed by atoms with Crippen molar-refractivity contribution in [2.24, 2.45) is 0 Å². The van der Waals surface area contributed by atoms with Crippen molar-refractivity contribution < 1.29 is 9.63 Å². The summed E-state index contributed by atoms with van der Waals surface area (Å²) in [6.45, 7) is 0. The smallest absolute Gasteiger partial charge is 0.258 e. The molecule has 0 atom stereocenters. The second-order valence-electron chi connectivity index (χ2n) is 4.45. The highest BCUT2D eigenvalue weighted by atomic mass is 127. The quantitative estimate of drug-likeness (QED) is 0.652. The van der Waals surface area contributed by atoms with Crippen molar-refractivity contribution in [2.75, 3.05) is 0 Å². The fraction of sp³-hybridized carbons (Fsp3) is 0.0667. The van der Waals surface area contributed by atoms with E-state index in [1.165, 1.54) is 0 Å². The van der Waals surface area contributed by atoms with E-state index in [0.717, 1.165) is 9.13 Å². The van der Waals surface area contributed by atoms with E-state index in [0.29, 0.717) is 28.7 Å². The van der Waals surface area contributed by atoms with Gasteiger partial charge in [-0.25, -0.2) is 0 Å². The zero-order chi connectivity index (χ0) is 14.8. The van der Waals surface area contributed by atoms with Crippen LogP contribution in [0.3, 0.4) is 0 Å². The number of benzene rings is 2. The molecular weight excluding hydrogens is 403 g/mol. The van der Waals surface area contributed by atoms with Gasteiger partial charge >= 0.3 is 0 Å². The minimum absolute atomic E-state index is 0.193. The molecule has 3 rings (SSSR count). The van der Waals surface area contributed by atoms with E-state index >= 15 is 0 Å². The third kappa shape index (κ3) is 3.19. The molecule has 106 valence electrons. The average Bonchev–Trinajstić information content (AvgIpc) is 2.93. The second-order valence-corrected chi connectivity index (χ2v) is 6.02. The maximum absolute atomic E-state index is 9.73. The van der Waals surface area contributed by atoms with Crippen LogP contribution < -0.4 is 0 Å². The highest BCUT2D eigenvalue weighted by molar-refractivity contribution is 14.1. The van der Waals surface area contributed by atoms with Crippen LogP contribution in [0.1, 0.15) is 11.4 Å². The molecule has 4 nitrogen and oxygen atoms in total. The Kier molecular flexibility index (Phi) is 4.12. The molecule has 0 unspecified atom stereocenters. The Hall–Kier alpha value is -1.60. The number of hydrogen-bond donors (Lipinski definition) is 1. The number of nitrogens with zero attached hydrogens (tertiary/aromatic N) is 2. The van der Waals surface area contributed by atoms with Gasteiger partial charge < -0.3 is 9.63 Å². The van der Waals surface area contributed by atoms with Crippen molar-refractivity contribution in [3.8, 4) is 17.2 Å². The fourth-order valence-electron chi connectivity index (χ4n) is 1.90. The molecular formula is C15H10ClIN2O2. The Morgan fingerprint density at radius 3 is 2.76 bits per heavy atom. The lowest BCUT2D eigenvalue weighted by Crippen LogP contribution is -1.91. The SMILES string of the molecule is Oc1cc(-c2nc(Cc3ccccc3Cl)no2)ccc1I. The maximum Gasteiger partial charge on any atom is 0.258 e. The van der Waals surface area contributed by atoms with Crippen LogP contribution in [-0.2, 0) is 6.42 Å². The Morgan fingerprint density at radius 2 is 2.00 bits per heavy atom. The third-order valence-electron chi connectivity index (χ3n) is 2.97. The molecule has 0 aliphatic carbocycles. The fourth-order valence-corrected chi connectivity index (χ4v) is 2.44. The van der Waals surface area contributed by atoms with E-state index in [1.54, 1.807) is 12.1 Å². The van der Waals surface area contributed by atoms with Crippen molar-refractivity contribution in [2.45, 2.75) is 6.42 Å². The van der Waals surface area contributed by atoms with Gasteiger partial charge in [0.05, 0.1) is 3.57 Å². The van der Waals surface area contributed by atoms with Gasteiger partial charge in [-0.2, -0.15) is 4.98 Å². The minimum Gasteiger partial charge on any atom is -0.507 e. The van der Waals surface area contributed by atoms with Crippen LogP contribution >= 0.6 is 34.2 Å². The summed E-state index contributed by atoms with van der Waals surface area (Å²) < 4.78 is 6.01. The van der Waals surface area contributed by atoms with Gasteiger partial charge in [0.2, 0.25) is 0 Å². The molecule has 21 heavy (non-hydrogen) atoms. The first-order valence-corrected chi connectivity index (χ1v) is 7.64. The number of hydrogen-bond acceptors (Lipinski definition) is 4. The van der Waals surface area contributed by atoms with E-state index in [1.807, 2.05) is 30.3 Å². The largest absolute Gasteiger partial charge is 0.507 e. The summed E-state index contributed by atoms with van der Waals surface area (Å²) in [4.78, 5) is 4.34. The molecule has 2 aromatic carbocycles. The van der Waals surface area contributed by atoms with Crippen LogP contribution in [0.5, 0.6) is 5.75 Å². The molecule has 3 aromatic rings. The van der Waals surface area contributed by atoms with Crippen LogP contribution in [0.4, 0.5) is 0 Å². The summed E-state index contributed by atoms with van der Waals surface area (Å²) in [5.41, 5.74) is 1.63. The zero-order valence-corrected chi connectivity index (χ0v) is 13.7. The van der Waals surface area contributed by atoms with E-state index in [2.05, 4.69) is 32.7 Å². The predicted octanol–water partition coefficient (Wildman–Crippen LogP) is 4.29. The molecule has 0 saturated heterocycles. The minimum atomic E-state index is 0.193. The topological polar surface area (TPSA) is 59.2 Å². The number of rotatable bonds is 3. The van der Waals surface area contributed by atoms with E-state index in [-0.39, 0.29) is 5.75 Å². The lowest BCUT2D eigenvalue weighted by Gasteiger charge is -1.99. The van der Waals surface area contributed by atoms with Gasteiger partial charge in [0.1, 0.15) is 5.75 Å². The standard InChI is InChI=1S/C15H10ClIN2O2/c16-11-4-2-1-3-9(11)8-14-18-15(21-19-14)10-5-6-12(17)13(20)7-10/h1-7,20H,8H2. The summed E-state index contributed by atoms with van der Waals surface area (Å²) in [6, 6.07) is 12.8.